The predicted octanol–water partition coefficient (Wildman–Crippen LogP) is 4.45. The number of rotatable bonds is 9. The van der Waals surface area contributed by atoms with Gasteiger partial charge < -0.3 is 15.0 Å². The van der Waals surface area contributed by atoms with Gasteiger partial charge in [0.25, 0.3) is 0 Å². The molecule has 8 nitrogen and oxygen atoms in total. The highest BCUT2D eigenvalue weighted by Gasteiger charge is 2.42. The van der Waals surface area contributed by atoms with Gasteiger partial charge in [0.15, 0.2) is 10.8 Å². The van der Waals surface area contributed by atoms with Gasteiger partial charge in [-0.3, -0.25) is 4.79 Å². The fourth-order valence-electron chi connectivity index (χ4n) is 5.20. The third-order valence-corrected chi connectivity index (χ3v) is 8.40. The van der Waals surface area contributed by atoms with Gasteiger partial charge in [-0.15, -0.1) is 0 Å². The molecule has 0 atom stereocenters. The molecule has 2 aromatic heterocycles. The summed E-state index contributed by atoms with van der Waals surface area (Å²) in [5.74, 6) is 1.97. The van der Waals surface area contributed by atoms with Crippen molar-refractivity contribution in [3.05, 3.63) is 41.0 Å². The summed E-state index contributed by atoms with van der Waals surface area (Å²) in [7, 11) is 0. The van der Waals surface area contributed by atoms with Crippen LogP contribution in [0.3, 0.4) is 0 Å². The zero-order chi connectivity index (χ0) is 25.0. The lowest BCUT2D eigenvalue weighted by molar-refractivity contribution is -0.126. The zero-order valence-corrected chi connectivity index (χ0v) is 22.3. The van der Waals surface area contributed by atoms with E-state index < -0.39 is 5.41 Å². The van der Waals surface area contributed by atoms with Crippen LogP contribution in [0.1, 0.15) is 44.6 Å². The van der Waals surface area contributed by atoms with Crippen molar-refractivity contribution in [2.75, 3.05) is 43.5 Å². The maximum atomic E-state index is 13.5. The van der Waals surface area contributed by atoms with E-state index in [9.17, 15) is 4.79 Å². The SMILES string of the molecule is CCCSc1nc(N2CCOCC2)c2cnn(CCNC(=O)C3(c4ccc(Cl)cc4)CCCC3)c2n1. The second kappa shape index (κ2) is 11.4. The predicted molar refractivity (Wildman–Crippen MR) is 144 cm³/mol. The quantitative estimate of drug-likeness (QED) is 0.324. The van der Waals surface area contributed by atoms with Crippen molar-refractivity contribution in [1.82, 2.24) is 25.1 Å². The molecule has 0 spiro atoms. The Morgan fingerprint density at radius 3 is 2.64 bits per heavy atom. The second-order valence-corrected chi connectivity index (χ2v) is 10.9. The first-order chi connectivity index (χ1) is 17.6. The summed E-state index contributed by atoms with van der Waals surface area (Å²) >= 11 is 7.77. The van der Waals surface area contributed by atoms with Gasteiger partial charge in [-0.1, -0.05) is 55.3 Å². The van der Waals surface area contributed by atoms with Crippen LogP contribution in [0, 0.1) is 0 Å². The van der Waals surface area contributed by atoms with Crippen molar-refractivity contribution in [3.63, 3.8) is 0 Å². The van der Waals surface area contributed by atoms with Crippen molar-refractivity contribution < 1.29 is 9.53 Å². The standard InChI is InChI=1S/C26H33ClN6O2S/c1-2-17-36-25-30-22(32-13-15-35-16-14-32)21-18-29-33(23(21)31-25)12-11-28-24(34)26(9-3-4-10-26)19-5-7-20(27)8-6-19/h5-8,18H,2-4,9-17H2,1H3,(H,28,34). The van der Waals surface area contributed by atoms with Gasteiger partial charge in [0, 0.05) is 30.4 Å². The average Bonchev–Trinajstić information content (AvgIpc) is 3.56. The molecule has 1 saturated carbocycles. The maximum absolute atomic E-state index is 13.5. The van der Waals surface area contributed by atoms with Gasteiger partial charge in [-0.05, 0) is 37.0 Å². The molecule has 1 aliphatic heterocycles. The molecule has 1 aliphatic carbocycles. The molecular formula is C26H33ClN6O2S. The number of hydrogen-bond donors (Lipinski definition) is 1. The van der Waals surface area contributed by atoms with Gasteiger partial charge in [0.05, 0.1) is 36.8 Å². The van der Waals surface area contributed by atoms with Crippen LogP contribution in [-0.2, 0) is 21.5 Å². The van der Waals surface area contributed by atoms with Gasteiger partial charge in [-0.25, -0.2) is 14.6 Å². The van der Waals surface area contributed by atoms with E-state index in [0.29, 0.717) is 31.3 Å². The third-order valence-electron chi connectivity index (χ3n) is 7.10. The van der Waals surface area contributed by atoms with E-state index in [0.717, 1.165) is 78.5 Å². The van der Waals surface area contributed by atoms with Crippen LogP contribution < -0.4 is 10.2 Å². The Bertz CT molecular complexity index is 1190. The lowest BCUT2D eigenvalue weighted by atomic mass is 9.78. The van der Waals surface area contributed by atoms with Crippen LogP contribution in [0.5, 0.6) is 0 Å². The number of ether oxygens (including phenoxy) is 1. The average molecular weight is 529 g/mol. The first-order valence-corrected chi connectivity index (χ1v) is 14.2. The van der Waals surface area contributed by atoms with Gasteiger partial charge in [0.2, 0.25) is 5.91 Å². The van der Waals surface area contributed by atoms with Gasteiger partial charge in [0.1, 0.15) is 5.82 Å². The molecule has 36 heavy (non-hydrogen) atoms. The number of aromatic nitrogens is 4. The Labute approximate surface area is 221 Å². The summed E-state index contributed by atoms with van der Waals surface area (Å²) in [6.07, 6.45) is 6.74. The number of halogens is 1. The number of carbonyl (C=O) groups is 1. The fraction of sp³-hybridized carbons (Fsp3) is 0.538. The van der Waals surface area contributed by atoms with Crippen molar-refractivity contribution in [1.29, 1.82) is 0 Å². The van der Waals surface area contributed by atoms with Gasteiger partial charge in [-0.2, -0.15) is 5.10 Å². The van der Waals surface area contributed by atoms with E-state index >= 15 is 0 Å². The van der Waals surface area contributed by atoms with Crippen LogP contribution in [0.15, 0.2) is 35.6 Å². The van der Waals surface area contributed by atoms with E-state index in [-0.39, 0.29) is 5.91 Å². The first kappa shape index (κ1) is 25.3. The van der Waals surface area contributed by atoms with E-state index in [2.05, 4.69) is 22.2 Å². The topological polar surface area (TPSA) is 85.2 Å². The number of benzene rings is 1. The zero-order valence-electron chi connectivity index (χ0n) is 20.7. The van der Waals surface area contributed by atoms with Crippen LogP contribution in [0.25, 0.3) is 11.0 Å². The molecular weight excluding hydrogens is 496 g/mol. The Balaban J connectivity index is 1.34. The van der Waals surface area contributed by atoms with E-state index in [4.69, 9.17) is 26.3 Å². The Kier molecular flexibility index (Phi) is 7.98. The molecule has 2 fully saturated rings. The summed E-state index contributed by atoms with van der Waals surface area (Å²) in [6.45, 7) is 6.18. The third kappa shape index (κ3) is 5.19. The molecule has 3 aromatic rings. The van der Waals surface area contributed by atoms with Gasteiger partial charge >= 0.3 is 0 Å². The van der Waals surface area contributed by atoms with Crippen LogP contribution in [-0.4, -0.2) is 64.3 Å². The number of carbonyl (C=O) groups excluding carboxylic acids is 1. The molecule has 192 valence electrons. The number of morpholine rings is 1. The molecule has 5 rings (SSSR count). The minimum Gasteiger partial charge on any atom is -0.378 e. The number of thioether (sulfide) groups is 1. The lowest BCUT2D eigenvalue weighted by Gasteiger charge is -2.28. The van der Waals surface area contributed by atoms with Crippen molar-refractivity contribution in [3.8, 4) is 0 Å². The molecule has 1 saturated heterocycles. The number of anilines is 1. The Morgan fingerprint density at radius 1 is 1.17 bits per heavy atom. The molecule has 10 heteroatoms. The summed E-state index contributed by atoms with van der Waals surface area (Å²) < 4.78 is 7.43. The summed E-state index contributed by atoms with van der Waals surface area (Å²) in [5.41, 5.74) is 1.38. The fourth-order valence-corrected chi connectivity index (χ4v) is 6.01. The largest absolute Gasteiger partial charge is 0.378 e. The van der Waals surface area contributed by atoms with Crippen LogP contribution in [0.2, 0.25) is 5.02 Å². The molecule has 1 N–H and O–H groups in total. The van der Waals surface area contributed by atoms with E-state index in [1.165, 1.54) is 0 Å². The van der Waals surface area contributed by atoms with Crippen molar-refractivity contribution in [2.45, 2.75) is 56.1 Å². The number of nitrogens with one attached hydrogen (secondary N) is 1. The minimum absolute atomic E-state index is 0.0848. The molecule has 3 heterocycles. The summed E-state index contributed by atoms with van der Waals surface area (Å²) in [6, 6.07) is 7.74. The lowest BCUT2D eigenvalue weighted by Crippen LogP contribution is -2.43. The molecule has 2 aliphatic rings. The number of nitrogens with zero attached hydrogens (tertiary/aromatic N) is 5. The summed E-state index contributed by atoms with van der Waals surface area (Å²) in [4.78, 5) is 25.4. The number of fused-ring (bicyclic) bond motifs is 1. The monoisotopic (exact) mass is 528 g/mol. The van der Waals surface area contributed by atoms with Crippen molar-refractivity contribution >= 4 is 46.1 Å². The number of amides is 1. The summed E-state index contributed by atoms with van der Waals surface area (Å²) in [5, 5.41) is 10.2. The minimum atomic E-state index is -0.480. The molecule has 1 amide bonds. The molecule has 1 aromatic carbocycles. The molecule has 0 unspecified atom stereocenters. The van der Waals surface area contributed by atoms with E-state index in [1.807, 2.05) is 35.1 Å². The molecule has 0 radical (unpaired) electrons. The second-order valence-electron chi connectivity index (χ2n) is 9.43. The smallest absolute Gasteiger partial charge is 0.230 e. The Morgan fingerprint density at radius 2 is 1.92 bits per heavy atom. The van der Waals surface area contributed by atoms with E-state index in [1.54, 1.807) is 11.8 Å². The van der Waals surface area contributed by atoms with Crippen LogP contribution >= 0.6 is 23.4 Å². The van der Waals surface area contributed by atoms with Crippen molar-refractivity contribution in [2.24, 2.45) is 0 Å². The highest BCUT2D eigenvalue weighted by molar-refractivity contribution is 7.99. The maximum Gasteiger partial charge on any atom is 0.230 e. The normalized spacial score (nSPS) is 17.6. The number of hydrogen-bond acceptors (Lipinski definition) is 7. The first-order valence-electron chi connectivity index (χ1n) is 12.8. The highest BCUT2D eigenvalue weighted by atomic mass is 35.5. The highest BCUT2D eigenvalue weighted by Crippen LogP contribution is 2.41. The molecule has 0 bridgehead atoms. The Hall–Kier alpha value is -2.36. The van der Waals surface area contributed by atoms with Crippen LogP contribution in [0.4, 0.5) is 5.82 Å².